The smallest absolute Gasteiger partial charge is 0.120 e. The quantitative estimate of drug-likeness (QED) is 0.390. The Morgan fingerprint density at radius 1 is 1.09 bits per heavy atom. The van der Waals surface area contributed by atoms with Crippen LogP contribution in [0.25, 0.3) is 21.9 Å². The third-order valence-electron chi connectivity index (χ3n) is 6.57. The van der Waals surface area contributed by atoms with Crippen molar-refractivity contribution in [2.24, 2.45) is 0 Å². The van der Waals surface area contributed by atoms with E-state index < -0.39 is 6.10 Å². The molecule has 0 saturated carbocycles. The van der Waals surface area contributed by atoms with E-state index >= 15 is 0 Å². The van der Waals surface area contributed by atoms with Gasteiger partial charge in [0.1, 0.15) is 12.4 Å². The number of furan rings is 1. The molecular weight excluding hydrogens is 426 g/mol. The second-order valence-electron chi connectivity index (χ2n) is 9.04. The zero-order valence-electron chi connectivity index (χ0n) is 19.3. The maximum absolute atomic E-state index is 10.7. The monoisotopic (exact) mass is 453 g/mol. The van der Waals surface area contributed by atoms with Crippen LogP contribution in [0.3, 0.4) is 0 Å². The first-order chi connectivity index (χ1) is 16.5. The van der Waals surface area contributed by atoms with Crippen LogP contribution in [-0.4, -0.2) is 23.4 Å². The fourth-order valence-electron chi connectivity index (χ4n) is 5.02. The highest BCUT2D eigenvalue weighted by atomic mass is 16.5. The molecule has 172 valence electrons. The molecule has 5 nitrogen and oxygen atoms in total. The number of fused-ring (bicyclic) bond motifs is 1. The average molecular weight is 454 g/mol. The first-order valence-corrected chi connectivity index (χ1v) is 11.6. The van der Waals surface area contributed by atoms with E-state index in [0.717, 1.165) is 38.8 Å². The molecule has 0 radical (unpaired) electrons. The number of aliphatic hydroxyl groups excluding tert-OH is 1. The minimum Gasteiger partial charge on any atom is -0.489 e. The highest BCUT2D eigenvalue weighted by Gasteiger charge is 2.34. The molecule has 5 rings (SSSR count). The number of nitriles is 1. The molecule has 4 aromatic rings. The molecule has 1 fully saturated rings. The van der Waals surface area contributed by atoms with Crippen LogP contribution in [0.1, 0.15) is 42.9 Å². The number of aliphatic hydroxyl groups is 1. The Morgan fingerprint density at radius 2 is 1.97 bits per heavy atom. The zero-order valence-corrected chi connectivity index (χ0v) is 19.3. The van der Waals surface area contributed by atoms with Gasteiger partial charge in [0.2, 0.25) is 0 Å². The molecule has 4 atom stereocenters. The fourth-order valence-corrected chi connectivity index (χ4v) is 5.02. The lowest BCUT2D eigenvalue weighted by molar-refractivity contribution is -0.0960. The molecule has 1 aliphatic rings. The standard InChI is InChI=1S/C29H27NO4/c1-18-10-28(31)29(19(2)34-18)22-5-3-4-20(11-22)16-33-25-6-7-26-24(14-25)12-21(15-30)13-27(26)23-8-9-32-17-23/h3-9,11-14,17-19,28-29,31H,10,16H2,1-2H3/t18?,19?,28-,29?/m1/s1. The predicted octanol–water partition coefficient (Wildman–Crippen LogP) is 6.19. The van der Waals surface area contributed by atoms with Crippen LogP contribution in [-0.2, 0) is 11.3 Å². The van der Waals surface area contributed by atoms with Gasteiger partial charge in [0.25, 0.3) is 0 Å². The first-order valence-electron chi connectivity index (χ1n) is 11.6. The van der Waals surface area contributed by atoms with Crippen molar-refractivity contribution in [3.8, 4) is 22.9 Å². The Morgan fingerprint density at radius 3 is 2.74 bits per heavy atom. The lowest BCUT2D eigenvalue weighted by Crippen LogP contribution is -2.40. The van der Waals surface area contributed by atoms with Gasteiger partial charge in [-0.25, -0.2) is 0 Å². The van der Waals surface area contributed by atoms with Gasteiger partial charge in [0.05, 0.1) is 42.5 Å². The SMILES string of the molecule is CC1C[C@@H](O)C(c2cccc(COc3ccc4c(-c5ccoc5)cc(C#N)cc4c3)c2)C(C)O1. The van der Waals surface area contributed by atoms with E-state index in [1.54, 1.807) is 12.5 Å². The molecule has 3 unspecified atom stereocenters. The molecule has 0 amide bonds. The summed E-state index contributed by atoms with van der Waals surface area (Å²) in [4.78, 5) is 0. The molecule has 3 aromatic carbocycles. The second-order valence-corrected chi connectivity index (χ2v) is 9.04. The van der Waals surface area contributed by atoms with Crippen LogP contribution in [0.15, 0.2) is 77.6 Å². The van der Waals surface area contributed by atoms with Gasteiger partial charge >= 0.3 is 0 Å². The number of ether oxygens (including phenoxy) is 2. The Labute approximate surface area is 199 Å². The third-order valence-corrected chi connectivity index (χ3v) is 6.57. The Balaban J connectivity index is 1.38. The van der Waals surface area contributed by atoms with E-state index in [1.165, 1.54) is 0 Å². The van der Waals surface area contributed by atoms with Crippen LogP contribution in [0.5, 0.6) is 5.75 Å². The number of hydrogen-bond acceptors (Lipinski definition) is 5. The molecule has 2 heterocycles. The van der Waals surface area contributed by atoms with Crippen molar-refractivity contribution in [3.63, 3.8) is 0 Å². The highest BCUT2D eigenvalue weighted by molar-refractivity contribution is 5.98. The Bertz CT molecular complexity index is 1330. The summed E-state index contributed by atoms with van der Waals surface area (Å²) in [6.07, 6.45) is 3.55. The number of rotatable bonds is 5. The van der Waals surface area contributed by atoms with Crippen molar-refractivity contribution >= 4 is 10.8 Å². The van der Waals surface area contributed by atoms with Gasteiger partial charge in [-0.3, -0.25) is 0 Å². The van der Waals surface area contributed by atoms with Crippen LogP contribution in [0.2, 0.25) is 0 Å². The van der Waals surface area contributed by atoms with Crippen molar-refractivity contribution in [2.45, 2.75) is 51.1 Å². The molecule has 1 saturated heterocycles. The van der Waals surface area contributed by atoms with Gasteiger partial charge in [-0.1, -0.05) is 30.3 Å². The van der Waals surface area contributed by atoms with Gasteiger partial charge in [-0.05, 0) is 78.1 Å². The van der Waals surface area contributed by atoms with Crippen LogP contribution in [0, 0.1) is 11.3 Å². The molecule has 1 N–H and O–H groups in total. The average Bonchev–Trinajstić information content (AvgIpc) is 3.36. The summed E-state index contributed by atoms with van der Waals surface area (Å²) >= 11 is 0. The maximum Gasteiger partial charge on any atom is 0.120 e. The summed E-state index contributed by atoms with van der Waals surface area (Å²) < 4.78 is 17.3. The summed E-state index contributed by atoms with van der Waals surface area (Å²) in [5, 5.41) is 22.1. The second kappa shape index (κ2) is 9.34. The molecule has 5 heteroatoms. The minimum atomic E-state index is -0.422. The van der Waals surface area contributed by atoms with Gasteiger partial charge in [0, 0.05) is 11.5 Å². The van der Waals surface area contributed by atoms with Gasteiger partial charge in [-0.2, -0.15) is 5.26 Å². The molecule has 0 aliphatic carbocycles. The van der Waals surface area contributed by atoms with Gasteiger partial charge < -0.3 is 19.0 Å². The van der Waals surface area contributed by atoms with Crippen molar-refractivity contribution < 1.29 is 19.0 Å². The normalized spacial score (nSPS) is 22.4. The van der Waals surface area contributed by atoms with Crippen LogP contribution >= 0.6 is 0 Å². The maximum atomic E-state index is 10.7. The molecule has 34 heavy (non-hydrogen) atoms. The van der Waals surface area contributed by atoms with Crippen molar-refractivity contribution in [3.05, 3.63) is 89.9 Å². The first kappa shape index (κ1) is 22.2. The summed E-state index contributed by atoms with van der Waals surface area (Å²) in [5.74, 6) is 0.678. The van der Waals surface area contributed by atoms with E-state index in [2.05, 4.69) is 12.1 Å². The molecule has 1 aliphatic heterocycles. The minimum absolute atomic E-state index is 0.0471. The molecule has 0 spiro atoms. The van der Waals surface area contributed by atoms with Crippen LogP contribution in [0.4, 0.5) is 0 Å². The van der Waals surface area contributed by atoms with E-state index in [-0.39, 0.29) is 18.1 Å². The lowest BCUT2D eigenvalue weighted by atomic mass is 9.83. The van der Waals surface area contributed by atoms with E-state index in [1.807, 2.05) is 68.4 Å². The summed E-state index contributed by atoms with van der Waals surface area (Å²) in [6.45, 7) is 4.43. The number of nitrogens with zero attached hydrogens (tertiary/aromatic N) is 1. The molecular formula is C29H27NO4. The highest BCUT2D eigenvalue weighted by Crippen LogP contribution is 2.35. The summed E-state index contributed by atoms with van der Waals surface area (Å²) in [5.41, 5.74) is 4.57. The zero-order chi connectivity index (χ0) is 23.7. The largest absolute Gasteiger partial charge is 0.489 e. The van der Waals surface area contributed by atoms with E-state index in [4.69, 9.17) is 13.9 Å². The van der Waals surface area contributed by atoms with Crippen molar-refractivity contribution in [1.82, 2.24) is 0 Å². The van der Waals surface area contributed by atoms with E-state index in [9.17, 15) is 10.4 Å². The number of hydrogen-bond donors (Lipinski definition) is 1. The third kappa shape index (κ3) is 4.43. The Hall–Kier alpha value is -3.59. The van der Waals surface area contributed by atoms with E-state index in [0.29, 0.717) is 18.6 Å². The summed E-state index contributed by atoms with van der Waals surface area (Å²) in [6, 6.07) is 22.0. The van der Waals surface area contributed by atoms with Crippen molar-refractivity contribution in [2.75, 3.05) is 0 Å². The fraction of sp³-hybridized carbons (Fsp3) is 0.276. The number of benzene rings is 3. The topological polar surface area (TPSA) is 75.6 Å². The van der Waals surface area contributed by atoms with Gasteiger partial charge in [-0.15, -0.1) is 0 Å². The molecule has 1 aromatic heterocycles. The van der Waals surface area contributed by atoms with Crippen molar-refractivity contribution in [1.29, 1.82) is 5.26 Å². The molecule has 0 bridgehead atoms. The predicted molar refractivity (Wildman–Crippen MR) is 131 cm³/mol. The lowest BCUT2D eigenvalue weighted by Gasteiger charge is -2.37. The van der Waals surface area contributed by atoms with Gasteiger partial charge in [0.15, 0.2) is 0 Å². The summed E-state index contributed by atoms with van der Waals surface area (Å²) in [7, 11) is 0. The Kier molecular flexibility index (Phi) is 6.10. The van der Waals surface area contributed by atoms with Crippen LogP contribution < -0.4 is 4.74 Å².